The molecule has 3 nitrogen and oxygen atoms in total. The van der Waals surface area contributed by atoms with Crippen LogP contribution in [0.3, 0.4) is 0 Å². The van der Waals surface area contributed by atoms with Crippen LogP contribution in [-0.4, -0.2) is 51.5 Å². The normalized spacial score (nSPS) is 13.0. The number of unbranched alkanes of at least 4 members (excludes halogenated alkanes) is 15. The third-order valence-electron chi connectivity index (χ3n) is 6.79. The molecule has 0 amide bonds. The number of hydrogen-bond donors (Lipinski definition) is 0. The monoisotopic (exact) mass is 508 g/mol. The van der Waals surface area contributed by atoms with Crippen LogP contribution in [0.25, 0.3) is 0 Å². The Bertz CT molecular complexity index is 461. The average molecular weight is 508 g/mol. The van der Waals surface area contributed by atoms with E-state index in [1.54, 1.807) is 0 Å². The maximum Gasteiger partial charge on any atom is 0.0820 e. The fraction of sp³-hybridized carbons (Fsp3) is 0.879. The van der Waals surface area contributed by atoms with E-state index in [1.165, 1.54) is 116 Å². The molecule has 0 N–H and O–H groups in total. The van der Waals surface area contributed by atoms with Gasteiger partial charge in [0.15, 0.2) is 0 Å². The van der Waals surface area contributed by atoms with Crippen molar-refractivity contribution in [3.63, 3.8) is 0 Å². The highest BCUT2D eigenvalue weighted by Crippen LogP contribution is 2.10. The van der Waals surface area contributed by atoms with Gasteiger partial charge in [-0.15, -0.1) is 0 Å². The number of allylic oxidation sites excluding steroid dienone is 4. The Kier molecular flexibility index (Phi) is 30.0. The quantitative estimate of drug-likeness (QED) is 0.0742. The summed E-state index contributed by atoms with van der Waals surface area (Å²) >= 11 is 0. The predicted octanol–water partition coefficient (Wildman–Crippen LogP) is 9.90. The molecule has 0 aromatic heterocycles. The highest BCUT2D eigenvalue weighted by atomic mass is 16.5. The summed E-state index contributed by atoms with van der Waals surface area (Å²) in [6, 6.07) is 0. The van der Waals surface area contributed by atoms with Gasteiger partial charge in [-0.1, -0.05) is 115 Å². The molecule has 0 spiro atoms. The van der Waals surface area contributed by atoms with Crippen LogP contribution >= 0.6 is 0 Å². The fourth-order valence-electron chi connectivity index (χ4n) is 4.33. The van der Waals surface area contributed by atoms with E-state index in [0.717, 1.165) is 39.2 Å². The van der Waals surface area contributed by atoms with Crippen molar-refractivity contribution < 1.29 is 9.47 Å². The molecule has 3 heteroatoms. The summed E-state index contributed by atoms with van der Waals surface area (Å²) in [6.07, 6.45) is 35.5. The molecular weight excluding hydrogens is 442 g/mol. The maximum atomic E-state index is 6.19. The van der Waals surface area contributed by atoms with Crippen LogP contribution in [0.5, 0.6) is 0 Å². The van der Waals surface area contributed by atoms with Crippen LogP contribution in [-0.2, 0) is 9.47 Å². The molecule has 0 rings (SSSR count). The van der Waals surface area contributed by atoms with Gasteiger partial charge in [0.1, 0.15) is 0 Å². The van der Waals surface area contributed by atoms with Gasteiger partial charge in [0, 0.05) is 19.8 Å². The minimum Gasteiger partial charge on any atom is -0.379 e. The first-order valence-electron chi connectivity index (χ1n) is 15.8. The van der Waals surface area contributed by atoms with E-state index in [2.05, 4.69) is 57.1 Å². The van der Waals surface area contributed by atoms with Gasteiger partial charge in [0.25, 0.3) is 0 Å². The average Bonchev–Trinajstić information content (AvgIpc) is 2.87. The molecular formula is C33H65NO2. The molecule has 1 unspecified atom stereocenters. The Labute approximate surface area is 227 Å². The molecule has 0 saturated heterocycles. The summed E-state index contributed by atoms with van der Waals surface area (Å²) in [5, 5.41) is 0. The Hall–Kier alpha value is -0.640. The number of rotatable bonds is 29. The van der Waals surface area contributed by atoms with Crippen molar-refractivity contribution >= 4 is 0 Å². The first-order chi connectivity index (χ1) is 17.7. The Morgan fingerprint density at radius 3 is 1.69 bits per heavy atom. The molecule has 0 radical (unpaired) electrons. The van der Waals surface area contributed by atoms with Crippen LogP contribution in [0.1, 0.15) is 142 Å². The number of ether oxygens (including phenoxy) is 2. The van der Waals surface area contributed by atoms with Gasteiger partial charge < -0.3 is 14.4 Å². The summed E-state index contributed by atoms with van der Waals surface area (Å²) in [6.45, 7) is 8.13. The van der Waals surface area contributed by atoms with Gasteiger partial charge >= 0.3 is 0 Å². The van der Waals surface area contributed by atoms with E-state index < -0.39 is 0 Å². The molecule has 214 valence electrons. The zero-order chi connectivity index (χ0) is 26.4. The molecule has 0 aliphatic rings. The topological polar surface area (TPSA) is 21.7 Å². The van der Waals surface area contributed by atoms with Crippen molar-refractivity contribution in [1.29, 1.82) is 0 Å². The molecule has 0 aliphatic carbocycles. The summed E-state index contributed by atoms with van der Waals surface area (Å²) in [4.78, 5) is 2.24. The second-order valence-electron chi connectivity index (χ2n) is 10.9. The fourth-order valence-corrected chi connectivity index (χ4v) is 4.33. The van der Waals surface area contributed by atoms with Gasteiger partial charge in [0.2, 0.25) is 0 Å². The molecule has 36 heavy (non-hydrogen) atoms. The molecule has 0 bridgehead atoms. The highest BCUT2D eigenvalue weighted by Gasteiger charge is 2.10. The minimum atomic E-state index is 0.247. The molecule has 0 saturated carbocycles. The SMILES string of the molecule is CCCCC/C=C\C/C=C\CCCCCCCCOCC(CCN(C)C)OCCCCCCCCC. The van der Waals surface area contributed by atoms with Crippen molar-refractivity contribution in [2.45, 2.75) is 148 Å². The maximum absolute atomic E-state index is 6.19. The van der Waals surface area contributed by atoms with Crippen LogP contribution in [0.2, 0.25) is 0 Å². The van der Waals surface area contributed by atoms with E-state index in [4.69, 9.17) is 9.47 Å². The molecule has 0 fully saturated rings. The van der Waals surface area contributed by atoms with Gasteiger partial charge in [-0.25, -0.2) is 0 Å². The molecule has 0 aliphatic heterocycles. The van der Waals surface area contributed by atoms with Crippen molar-refractivity contribution in [2.24, 2.45) is 0 Å². The van der Waals surface area contributed by atoms with E-state index >= 15 is 0 Å². The second kappa shape index (κ2) is 30.6. The van der Waals surface area contributed by atoms with Crippen molar-refractivity contribution in [1.82, 2.24) is 4.90 Å². The van der Waals surface area contributed by atoms with Crippen LogP contribution in [0, 0.1) is 0 Å². The Balaban J connectivity index is 3.60. The van der Waals surface area contributed by atoms with E-state index in [1.807, 2.05) is 0 Å². The summed E-state index contributed by atoms with van der Waals surface area (Å²) in [7, 11) is 4.27. The lowest BCUT2D eigenvalue weighted by Crippen LogP contribution is -2.26. The van der Waals surface area contributed by atoms with Crippen molar-refractivity contribution in [3.8, 4) is 0 Å². The molecule has 0 aromatic carbocycles. The molecule has 0 aromatic rings. The van der Waals surface area contributed by atoms with Crippen LogP contribution < -0.4 is 0 Å². The lowest BCUT2D eigenvalue weighted by atomic mass is 10.1. The van der Waals surface area contributed by atoms with Gasteiger partial charge in [-0.2, -0.15) is 0 Å². The lowest BCUT2D eigenvalue weighted by Gasteiger charge is -2.20. The van der Waals surface area contributed by atoms with E-state index in [0.29, 0.717) is 0 Å². The van der Waals surface area contributed by atoms with Gasteiger partial charge in [-0.3, -0.25) is 0 Å². The first-order valence-corrected chi connectivity index (χ1v) is 15.8. The van der Waals surface area contributed by atoms with Crippen LogP contribution in [0.4, 0.5) is 0 Å². The standard InChI is InChI=1S/C33H65NO2/c1-5-7-9-11-13-14-15-16-17-18-19-20-21-23-24-26-30-35-32-33(28-29-34(3)4)36-31-27-25-22-12-10-8-6-2/h13-14,16-17,33H,5-12,15,18-32H2,1-4H3/b14-13-,17-16-. The smallest absolute Gasteiger partial charge is 0.0820 e. The van der Waals surface area contributed by atoms with Crippen molar-refractivity contribution in [2.75, 3.05) is 40.5 Å². The first kappa shape index (κ1) is 35.4. The van der Waals surface area contributed by atoms with E-state index in [-0.39, 0.29) is 6.10 Å². The number of nitrogens with zero attached hydrogens (tertiary/aromatic N) is 1. The molecule has 1 atom stereocenters. The Morgan fingerprint density at radius 1 is 0.583 bits per heavy atom. The minimum absolute atomic E-state index is 0.247. The largest absolute Gasteiger partial charge is 0.379 e. The van der Waals surface area contributed by atoms with E-state index in [9.17, 15) is 0 Å². The third-order valence-corrected chi connectivity index (χ3v) is 6.79. The third kappa shape index (κ3) is 29.6. The van der Waals surface area contributed by atoms with Crippen LogP contribution in [0.15, 0.2) is 24.3 Å². The zero-order valence-electron chi connectivity index (χ0n) is 25.1. The predicted molar refractivity (Wildman–Crippen MR) is 161 cm³/mol. The number of hydrogen-bond acceptors (Lipinski definition) is 3. The van der Waals surface area contributed by atoms with Gasteiger partial charge in [-0.05, 0) is 65.5 Å². The summed E-state index contributed by atoms with van der Waals surface area (Å²) < 4.78 is 12.2. The second-order valence-corrected chi connectivity index (χ2v) is 10.9. The Morgan fingerprint density at radius 2 is 1.08 bits per heavy atom. The van der Waals surface area contributed by atoms with Crippen molar-refractivity contribution in [3.05, 3.63) is 24.3 Å². The molecule has 0 heterocycles. The zero-order valence-corrected chi connectivity index (χ0v) is 25.1. The summed E-state index contributed by atoms with van der Waals surface area (Å²) in [5.74, 6) is 0. The summed E-state index contributed by atoms with van der Waals surface area (Å²) in [5.41, 5.74) is 0. The van der Waals surface area contributed by atoms with Gasteiger partial charge in [0.05, 0.1) is 12.7 Å². The highest BCUT2D eigenvalue weighted by molar-refractivity contribution is 4.92. The lowest BCUT2D eigenvalue weighted by molar-refractivity contribution is -0.0248.